The zero-order chi connectivity index (χ0) is 12.1. The molecule has 3 nitrogen and oxygen atoms in total. The van der Waals surface area contributed by atoms with Crippen LogP contribution in [0.2, 0.25) is 0 Å². The maximum atomic E-state index is 9.24. The molecule has 2 aliphatic rings. The Kier molecular flexibility index (Phi) is 4.83. The van der Waals surface area contributed by atoms with Crippen LogP contribution in [0.25, 0.3) is 0 Å². The van der Waals surface area contributed by atoms with Gasteiger partial charge in [0.15, 0.2) is 0 Å². The summed E-state index contributed by atoms with van der Waals surface area (Å²) in [7, 11) is 2.07. The van der Waals surface area contributed by atoms with Crippen molar-refractivity contribution in [2.24, 2.45) is 5.41 Å². The largest absolute Gasteiger partial charge is 0.395 e. The topological polar surface area (TPSA) is 35.5 Å². The lowest BCUT2D eigenvalue weighted by Gasteiger charge is -2.43. The minimum absolute atomic E-state index is 0.312. The first-order valence-corrected chi connectivity index (χ1v) is 7.29. The summed E-state index contributed by atoms with van der Waals surface area (Å²) >= 11 is 0. The number of aliphatic hydroxyl groups is 1. The smallest absolute Gasteiger partial charge is 0.0558 e. The second-order valence-electron chi connectivity index (χ2n) is 6.02. The molecule has 100 valence electrons. The predicted molar refractivity (Wildman–Crippen MR) is 71.1 cm³/mol. The van der Waals surface area contributed by atoms with Crippen LogP contribution in [0.1, 0.15) is 44.9 Å². The first-order chi connectivity index (χ1) is 8.29. The Morgan fingerprint density at radius 3 is 2.41 bits per heavy atom. The monoisotopic (exact) mass is 240 g/mol. The van der Waals surface area contributed by atoms with Crippen molar-refractivity contribution < 1.29 is 5.11 Å². The van der Waals surface area contributed by atoms with Gasteiger partial charge in [0.05, 0.1) is 6.61 Å². The molecule has 0 aromatic rings. The van der Waals surface area contributed by atoms with Gasteiger partial charge in [0.2, 0.25) is 0 Å². The normalized spacial score (nSPS) is 24.2. The average molecular weight is 240 g/mol. The van der Waals surface area contributed by atoms with Gasteiger partial charge in [-0.25, -0.2) is 0 Å². The molecule has 0 unspecified atom stereocenters. The van der Waals surface area contributed by atoms with Gasteiger partial charge in [-0.1, -0.05) is 19.3 Å². The number of aliphatic hydroxyl groups excluding tert-OH is 1. The second kappa shape index (κ2) is 6.17. The summed E-state index contributed by atoms with van der Waals surface area (Å²) in [6, 6.07) is 0.761. The Labute approximate surface area is 106 Å². The molecule has 3 heteroatoms. The summed E-state index contributed by atoms with van der Waals surface area (Å²) < 4.78 is 0. The van der Waals surface area contributed by atoms with Gasteiger partial charge in [0.25, 0.3) is 0 Å². The highest BCUT2D eigenvalue weighted by atomic mass is 16.3. The number of hydrogen-bond donors (Lipinski definition) is 2. The third-order valence-electron chi connectivity index (χ3n) is 4.73. The predicted octanol–water partition coefficient (Wildman–Crippen LogP) is 1.61. The van der Waals surface area contributed by atoms with E-state index in [1.807, 2.05) is 0 Å². The Bertz CT molecular complexity index is 222. The van der Waals surface area contributed by atoms with Crippen LogP contribution in [0.15, 0.2) is 0 Å². The van der Waals surface area contributed by atoms with Gasteiger partial charge in [0.1, 0.15) is 0 Å². The fourth-order valence-electron chi connectivity index (χ4n) is 3.59. The van der Waals surface area contributed by atoms with Crippen LogP contribution in [0, 0.1) is 5.41 Å². The maximum absolute atomic E-state index is 9.24. The molecule has 2 saturated carbocycles. The Morgan fingerprint density at radius 2 is 1.94 bits per heavy atom. The van der Waals surface area contributed by atoms with Crippen molar-refractivity contribution in [1.29, 1.82) is 0 Å². The van der Waals surface area contributed by atoms with Gasteiger partial charge < -0.3 is 10.4 Å². The van der Waals surface area contributed by atoms with Crippen molar-refractivity contribution >= 4 is 0 Å². The molecule has 0 heterocycles. The van der Waals surface area contributed by atoms with E-state index < -0.39 is 0 Å². The summed E-state index contributed by atoms with van der Waals surface area (Å²) in [5.41, 5.74) is 0.486. The van der Waals surface area contributed by atoms with Gasteiger partial charge in [-0.05, 0) is 38.1 Å². The van der Waals surface area contributed by atoms with E-state index in [0.717, 1.165) is 19.1 Å². The van der Waals surface area contributed by atoms with Gasteiger partial charge in [0, 0.05) is 25.7 Å². The summed E-state index contributed by atoms with van der Waals surface area (Å²) in [6.07, 6.45) is 9.57. The standard InChI is InChI=1S/C14H28N2O/c1-15-11-14(7-2-3-8-14)12-16(9-10-17)13-5-4-6-13/h13,15,17H,2-12H2,1H3. The highest BCUT2D eigenvalue weighted by molar-refractivity contribution is 4.92. The number of rotatable bonds is 7. The summed E-state index contributed by atoms with van der Waals surface area (Å²) in [5.74, 6) is 0. The van der Waals surface area contributed by atoms with Gasteiger partial charge in [-0.3, -0.25) is 4.90 Å². The molecular weight excluding hydrogens is 212 g/mol. The van der Waals surface area contributed by atoms with Crippen LogP contribution in [0.5, 0.6) is 0 Å². The fraction of sp³-hybridized carbons (Fsp3) is 1.00. The first-order valence-electron chi connectivity index (χ1n) is 7.29. The number of nitrogens with one attached hydrogen (secondary N) is 1. The van der Waals surface area contributed by atoms with Crippen LogP contribution in [-0.2, 0) is 0 Å². The SMILES string of the molecule is CNCC1(CN(CCO)C2CCC2)CCCC1. The van der Waals surface area contributed by atoms with Crippen LogP contribution in [-0.4, -0.2) is 49.3 Å². The van der Waals surface area contributed by atoms with Crippen molar-refractivity contribution in [2.75, 3.05) is 33.3 Å². The summed E-state index contributed by atoms with van der Waals surface area (Å²) in [6.45, 7) is 3.52. The van der Waals surface area contributed by atoms with Crippen molar-refractivity contribution in [1.82, 2.24) is 10.2 Å². The lowest BCUT2D eigenvalue weighted by atomic mass is 9.83. The summed E-state index contributed by atoms with van der Waals surface area (Å²) in [4.78, 5) is 2.56. The molecule has 17 heavy (non-hydrogen) atoms. The average Bonchev–Trinajstić information content (AvgIpc) is 2.65. The molecule has 2 N–H and O–H groups in total. The molecule has 0 atom stereocenters. The quantitative estimate of drug-likeness (QED) is 0.710. The van der Waals surface area contributed by atoms with Crippen molar-refractivity contribution in [2.45, 2.75) is 51.0 Å². The zero-order valence-corrected chi connectivity index (χ0v) is 11.2. The molecule has 0 aliphatic heterocycles. The Hall–Kier alpha value is -0.120. The fourth-order valence-corrected chi connectivity index (χ4v) is 3.59. The molecule has 2 rings (SSSR count). The molecule has 0 saturated heterocycles. The van der Waals surface area contributed by atoms with Gasteiger partial charge in [-0.15, -0.1) is 0 Å². The van der Waals surface area contributed by atoms with E-state index >= 15 is 0 Å². The second-order valence-corrected chi connectivity index (χ2v) is 6.02. The van der Waals surface area contributed by atoms with Crippen molar-refractivity contribution in [3.8, 4) is 0 Å². The van der Waals surface area contributed by atoms with E-state index in [2.05, 4.69) is 17.3 Å². The molecule has 0 amide bonds. The van der Waals surface area contributed by atoms with Crippen LogP contribution in [0.4, 0.5) is 0 Å². The van der Waals surface area contributed by atoms with E-state index in [1.165, 1.54) is 51.5 Å². The minimum Gasteiger partial charge on any atom is -0.395 e. The molecule has 0 aromatic carbocycles. The molecule has 2 fully saturated rings. The van der Waals surface area contributed by atoms with E-state index in [1.54, 1.807) is 0 Å². The molecule has 0 spiro atoms. The lowest BCUT2D eigenvalue weighted by molar-refractivity contribution is 0.0546. The highest BCUT2D eigenvalue weighted by Crippen LogP contribution is 2.39. The van der Waals surface area contributed by atoms with E-state index in [9.17, 15) is 5.11 Å². The number of nitrogens with zero attached hydrogens (tertiary/aromatic N) is 1. The molecule has 2 aliphatic carbocycles. The highest BCUT2D eigenvalue weighted by Gasteiger charge is 2.37. The molecular formula is C14H28N2O. The lowest BCUT2D eigenvalue weighted by Crippen LogP contribution is -2.49. The van der Waals surface area contributed by atoms with Crippen LogP contribution >= 0.6 is 0 Å². The Balaban J connectivity index is 1.93. The van der Waals surface area contributed by atoms with E-state index in [0.29, 0.717) is 12.0 Å². The molecule has 0 bridgehead atoms. The summed E-state index contributed by atoms with van der Waals surface area (Å²) in [5, 5.41) is 12.6. The van der Waals surface area contributed by atoms with Crippen molar-refractivity contribution in [3.05, 3.63) is 0 Å². The Morgan fingerprint density at radius 1 is 1.24 bits per heavy atom. The third kappa shape index (κ3) is 3.21. The van der Waals surface area contributed by atoms with Crippen molar-refractivity contribution in [3.63, 3.8) is 0 Å². The zero-order valence-electron chi connectivity index (χ0n) is 11.2. The third-order valence-corrected chi connectivity index (χ3v) is 4.73. The van der Waals surface area contributed by atoms with Gasteiger partial charge >= 0.3 is 0 Å². The van der Waals surface area contributed by atoms with Gasteiger partial charge in [-0.2, -0.15) is 0 Å². The minimum atomic E-state index is 0.312. The van der Waals surface area contributed by atoms with E-state index in [4.69, 9.17) is 0 Å². The van der Waals surface area contributed by atoms with Crippen LogP contribution < -0.4 is 5.32 Å². The maximum Gasteiger partial charge on any atom is 0.0558 e. The van der Waals surface area contributed by atoms with Crippen LogP contribution in [0.3, 0.4) is 0 Å². The first kappa shape index (κ1) is 13.3. The molecule has 0 aromatic heterocycles. The molecule has 0 radical (unpaired) electrons. The van der Waals surface area contributed by atoms with E-state index in [-0.39, 0.29) is 0 Å². The number of hydrogen-bond acceptors (Lipinski definition) is 3.